The molecule has 2 N–H and O–H groups in total. The number of hydrogen-bond donors (Lipinski definition) is 1. The molecule has 0 heterocycles. The lowest BCUT2D eigenvalue weighted by atomic mass is 10.2. The van der Waals surface area contributed by atoms with E-state index in [1.165, 1.54) is 12.1 Å². The van der Waals surface area contributed by atoms with Gasteiger partial charge in [-0.05, 0) is 49.8 Å². The summed E-state index contributed by atoms with van der Waals surface area (Å²) in [6.07, 6.45) is 2.16. The van der Waals surface area contributed by atoms with Crippen molar-refractivity contribution in [1.29, 1.82) is 0 Å². The average Bonchev–Trinajstić information content (AvgIpc) is 2.15. The van der Waals surface area contributed by atoms with Crippen LogP contribution in [0.5, 0.6) is 0 Å². The van der Waals surface area contributed by atoms with E-state index in [-0.39, 0.29) is 11.9 Å². The van der Waals surface area contributed by atoms with Crippen LogP contribution in [0.2, 0.25) is 0 Å². The maximum Gasteiger partial charge on any atom is 0.123 e. The molecule has 1 unspecified atom stereocenters. The third-order valence-electron chi connectivity index (χ3n) is 1.89. The molecule has 1 atom stereocenters. The van der Waals surface area contributed by atoms with Crippen molar-refractivity contribution in [2.75, 3.05) is 5.75 Å². The number of halogens is 1. The first-order valence-corrected chi connectivity index (χ1v) is 5.81. The van der Waals surface area contributed by atoms with E-state index < -0.39 is 0 Å². The van der Waals surface area contributed by atoms with Gasteiger partial charge >= 0.3 is 0 Å². The summed E-state index contributed by atoms with van der Waals surface area (Å²) < 4.78 is 12.6. The number of thioether (sulfide) groups is 1. The molecule has 0 radical (unpaired) electrons. The number of hydrogen-bond acceptors (Lipinski definition) is 2. The number of rotatable bonds is 5. The van der Waals surface area contributed by atoms with Crippen molar-refractivity contribution in [3.05, 3.63) is 30.1 Å². The van der Waals surface area contributed by atoms with Crippen molar-refractivity contribution in [3.8, 4) is 0 Å². The Kier molecular flexibility index (Phi) is 4.98. The monoisotopic (exact) mass is 213 g/mol. The summed E-state index contributed by atoms with van der Waals surface area (Å²) in [5, 5.41) is 0. The van der Waals surface area contributed by atoms with Gasteiger partial charge in [-0.1, -0.05) is 0 Å². The van der Waals surface area contributed by atoms with Crippen molar-refractivity contribution in [3.63, 3.8) is 0 Å². The van der Waals surface area contributed by atoms with Crippen LogP contribution >= 0.6 is 11.8 Å². The zero-order chi connectivity index (χ0) is 10.4. The highest BCUT2D eigenvalue weighted by Gasteiger charge is 1.97. The van der Waals surface area contributed by atoms with E-state index in [4.69, 9.17) is 5.73 Å². The molecule has 0 spiro atoms. The normalized spacial score (nSPS) is 12.8. The second-order valence-electron chi connectivity index (χ2n) is 3.42. The van der Waals surface area contributed by atoms with Gasteiger partial charge in [-0.15, -0.1) is 11.8 Å². The Labute approximate surface area is 88.9 Å². The maximum atomic E-state index is 12.6. The van der Waals surface area contributed by atoms with Gasteiger partial charge in [-0.25, -0.2) is 4.39 Å². The average molecular weight is 213 g/mol. The molecule has 0 aromatic heterocycles. The Hall–Kier alpha value is -0.540. The summed E-state index contributed by atoms with van der Waals surface area (Å²) in [4.78, 5) is 1.12. The van der Waals surface area contributed by atoms with Gasteiger partial charge < -0.3 is 5.73 Å². The molecule has 1 rings (SSSR count). The van der Waals surface area contributed by atoms with Crippen LogP contribution in [0.25, 0.3) is 0 Å². The fourth-order valence-electron chi connectivity index (χ4n) is 1.13. The van der Waals surface area contributed by atoms with E-state index in [1.54, 1.807) is 11.8 Å². The fourth-order valence-corrected chi connectivity index (χ4v) is 2.00. The second kappa shape index (κ2) is 6.04. The smallest absolute Gasteiger partial charge is 0.123 e. The lowest BCUT2D eigenvalue weighted by Crippen LogP contribution is -2.14. The molecule has 0 saturated carbocycles. The van der Waals surface area contributed by atoms with Gasteiger partial charge in [0.1, 0.15) is 5.82 Å². The molecule has 0 bridgehead atoms. The predicted octanol–water partition coefficient (Wildman–Crippen LogP) is 3.05. The van der Waals surface area contributed by atoms with Crippen LogP contribution < -0.4 is 5.73 Å². The molecule has 0 aliphatic carbocycles. The Bertz CT molecular complexity index is 258. The van der Waals surface area contributed by atoms with E-state index in [1.807, 2.05) is 19.1 Å². The Balaban J connectivity index is 2.21. The van der Waals surface area contributed by atoms with E-state index >= 15 is 0 Å². The van der Waals surface area contributed by atoms with Gasteiger partial charge in [0.05, 0.1) is 0 Å². The van der Waals surface area contributed by atoms with Crippen LogP contribution in [0, 0.1) is 5.82 Å². The van der Waals surface area contributed by atoms with Crippen molar-refractivity contribution >= 4 is 11.8 Å². The quantitative estimate of drug-likeness (QED) is 0.601. The van der Waals surface area contributed by atoms with Crippen LogP contribution in [0.1, 0.15) is 19.8 Å². The molecule has 0 aliphatic rings. The third-order valence-corrected chi connectivity index (χ3v) is 2.98. The first-order valence-electron chi connectivity index (χ1n) is 4.82. The van der Waals surface area contributed by atoms with Crippen molar-refractivity contribution < 1.29 is 4.39 Å². The minimum absolute atomic E-state index is 0.176. The van der Waals surface area contributed by atoms with Crippen LogP contribution in [0.3, 0.4) is 0 Å². The molecule has 78 valence electrons. The molecular formula is C11H16FNS. The summed E-state index contributed by atoms with van der Waals surface area (Å²) in [7, 11) is 0. The van der Waals surface area contributed by atoms with Gasteiger partial charge in [0.15, 0.2) is 0 Å². The number of nitrogens with two attached hydrogens (primary N) is 1. The van der Waals surface area contributed by atoms with E-state index in [0.29, 0.717) is 0 Å². The first-order chi connectivity index (χ1) is 6.68. The van der Waals surface area contributed by atoms with Gasteiger partial charge in [-0.3, -0.25) is 0 Å². The summed E-state index contributed by atoms with van der Waals surface area (Å²) in [5.41, 5.74) is 5.63. The van der Waals surface area contributed by atoms with Crippen molar-refractivity contribution in [2.24, 2.45) is 5.73 Å². The summed E-state index contributed by atoms with van der Waals surface area (Å²) in [6, 6.07) is 6.89. The Morgan fingerprint density at radius 2 is 2.00 bits per heavy atom. The van der Waals surface area contributed by atoms with E-state index in [2.05, 4.69) is 0 Å². The molecule has 14 heavy (non-hydrogen) atoms. The fraction of sp³-hybridized carbons (Fsp3) is 0.455. The molecular weight excluding hydrogens is 197 g/mol. The Morgan fingerprint density at radius 3 is 2.57 bits per heavy atom. The third kappa shape index (κ3) is 4.63. The van der Waals surface area contributed by atoms with E-state index in [9.17, 15) is 4.39 Å². The Morgan fingerprint density at radius 1 is 1.36 bits per heavy atom. The highest BCUT2D eigenvalue weighted by molar-refractivity contribution is 7.99. The van der Waals surface area contributed by atoms with Gasteiger partial charge in [0.2, 0.25) is 0 Å². The lowest BCUT2D eigenvalue weighted by molar-refractivity contribution is 0.626. The molecule has 1 nitrogen and oxygen atoms in total. The molecule has 0 saturated heterocycles. The minimum Gasteiger partial charge on any atom is -0.328 e. The van der Waals surface area contributed by atoms with Gasteiger partial charge in [0.25, 0.3) is 0 Å². The highest BCUT2D eigenvalue weighted by atomic mass is 32.2. The summed E-state index contributed by atoms with van der Waals surface area (Å²) in [6.45, 7) is 2.02. The second-order valence-corrected chi connectivity index (χ2v) is 4.59. The topological polar surface area (TPSA) is 26.0 Å². The van der Waals surface area contributed by atoms with Gasteiger partial charge in [0, 0.05) is 10.9 Å². The zero-order valence-electron chi connectivity index (χ0n) is 8.37. The molecule has 0 fully saturated rings. The molecule has 3 heteroatoms. The standard InChI is InChI=1S/C11H16FNS/c1-9(13)3-2-8-14-11-6-4-10(12)5-7-11/h4-7,9H,2-3,8,13H2,1H3. The SMILES string of the molecule is CC(N)CCCSc1ccc(F)cc1. The minimum atomic E-state index is -0.176. The van der Waals surface area contributed by atoms with Crippen LogP contribution in [0.4, 0.5) is 4.39 Å². The van der Waals surface area contributed by atoms with Crippen molar-refractivity contribution in [2.45, 2.75) is 30.7 Å². The van der Waals surface area contributed by atoms with Crippen LogP contribution in [-0.4, -0.2) is 11.8 Å². The molecule has 1 aromatic rings. The molecule has 0 aliphatic heterocycles. The maximum absolute atomic E-state index is 12.6. The first kappa shape index (κ1) is 11.5. The highest BCUT2D eigenvalue weighted by Crippen LogP contribution is 2.19. The lowest BCUT2D eigenvalue weighted by Gasteiger charge is -2.04. The van der Waals surface area contributed by atoms with Crippen molar-refractivity contribution in [1.82, 2.24) is 0 Å². The summed E-state index contributed by atoms with van der Waals surface area (Å²) in [5.74, 6) is 0.873. The van der Waals surface area contributed by atoms with E-state index in [0.717, 1.165) is 23.5 Å². The van der Waals surface area contributed by atoms with Gasteiger partial charge in [-0.2, -0.15) is 0 Å². The molecule has 1 aromatic carbocycles. The molecule has 0 amide bonds. The van der Waals surface area contributed by atoms with Crippen LogP contribution in [-0.2, 0) is 0 Å². The predicted molar refractivity (Wildman–Crippen MR) is 60.0 cm³/mol. The number of benzene rings is 1. The largest absolute Gasteiger partial charge is 0.328 e. The summed E-state index contributed by atoms with van der Waals surface area (Å²) >= 11 is 1.75. The zero-order valence-corrected chi connectivity index (χ0v) is 9.19. The van der Waals surface area contributed by atoms with Crippen LogP contribution in [0.15, 0.2) is 29.2 Å².